The predicted octanol–water partition coefficient (Wildman–Crippen LogP) is 1.86. The largest absolute Gasteiger partial charge is 0.454 e. The minimum absolute atomic E-state index is 0.0376. The summed E-state index contributed by atoms with van der Waals surface area (Å²) >= 11 is 0. The molecule has 0 aliphatic carbocycles. The average molecular weight is 626 g/mol. The van der Waals surface area contributed by atoms with Gasteiger partial charge in [-0.05, 0) is 65.8 Å². The number of aliphatic hydroxyl groups excluding tert-OH is 1. The van der Waals surface area contributed by atoms with Gasteiger partial charge in [-0.25, -0.2) is 4.99 Å². The Balaban J connectivity index is 1.93. The number of carbonyl (C=O) groups is 2. The maximum atomic E-state index is 13.4. The summed E-state index contributed by atoms with van der Waals surface area (Å²) < 4.78 is 19.3. The number of hydrogen-bond acceptors (Lipinski definition) is 9. The van der Waals surface area contributed by atoms with E-state index in [0.717, 1.165) is 19.3 Å². The van der Waals surface area contributed by atoms with Crippen LogP contribution in [0.25, 0.3) is 0 Å². The molecule has 3 heterocycles. The number of aliphatic imine (C=N–C) groups is 1. The third kappa shape index (κ3) is 9.05. The second-order valence-electron chi connectivity index (χ2n) is 14.1. The van der Waals surface area contributed by atoms with Gasteiger partial charge in [-0.1, -0.05) is 27.2 Å². The summed E-state index contributed by atoms with van der Waals surface area (Å²) in [6.07, 6.45) is -0.162. The monoisotopic (exact) mass is 625 g/mol. The number of aliphatic hydroxyl groups is 2. The van der Waals surface area contributed by atoms with Crippen molar-refractivity contribution in [1.82, 2.24) is 15.1 Å². The lowest BCUT2D eigenvalue weighted by Gasteiger charge is -2.45. The second-order valence-corrected chi connectivity index (χ2v) is 14.1. The molecular weight excluding hydrogens is 566 g/mol. The molecule has 0 aromatic rings. The standard InChI is InChI=1S/C32H59N5O7/c1-18(2)34-31-37(9)24-14-20(4)42-30(27(24)43-31)44-28-21(5)26(39)22(6)29(40)35-23(12-10-11-13-33)15-25(38)36(8)17-19(3)16-32(28,7)41/h18-24,26-28,30,39,41H,10-17,33H2,1-9H3,(H,35,40)/t19-,20-,21+,22-,23+,24+,26+,27-,28-,30+,32-/m1/s1. The Hall–Kier alpha value is -1.99. The fraction of sp³-hybridized carbons (Fsp3) is 0.906. The Labute approximate surface area is 264 Å². The Morgan fingerprint density at radius 1 is 1.18 bits per heavy atom. The van der Waals surface area contributed by atoms with Crippen LogP contribution < -0.4 is 11.1 Å². The van der Waals surface area contributed by atoms with Crippen molar-refractivity contribution in [3.8, 4) is 0 Å². The van der Waals surface area contributed by atoms with Crippen LogP contribution in [0.4, 0.5) is 0 Å². The molecule has 254 valence electrons. The molecule has 0 radical (unpaired) electrons. The lowest BCUT2D eigenvalue weighted by molar-refractivity contribution is -0.288. The highest BCUT2D eigenvalue weighted by Crippen LogP contribution is 2.38. The highest BCUT2D eigenvalue weighted by Gasteiger charge is 2.52. The van der Waals surface area contributed by atoms with E-state index in [1.165, 1.54) is 0 Å². The van der Waals surface area contributed by atoms with Crippen molar-refractivity contribution in [3.05, 3.63) is 0 Å². The number of nitrogens with zero attached hydrogens (tertiary/aromatic N) is 3. The van der Waals surface area contributed by atoms with Crippen LogP contribution in [0, 0.1) is 17.8 Å². The van der Waals surface area contributed by atoms with E-state index >= 15 is 0 Å². The summed E-state index contributed by atoms with van der Waals surface area (Å²) in [7, 11) is 3.71. The van der Waals surface area contributed by atoms with E-state index in [9.17, 15) is 19.8 Å². The molecule has 3 aliphatic heterocycles. The molecule has 5 N–H and O–H groups in total. The zero-order valence-corrected chi connectivity index (χ0v) is 28.4. The van der Waals surface area contributed by atoms with Crippen molar-refractivity contribution in [2.45, 2.75) is 141 Å². The summed E-state index contributed by atoms with van der Waals surface area (Å²) in [4.78, 5) is 35.0. The number of hydrogen-bond donors (Lipinski definition) is 4. The first-order chi connectivity index (χ1) is 20.5. The van der Waals surface area contributed by atoms with Gasteiger partial charge in [-0.2, -0.15) is 0 Å². The molecule has 0 bridgehead atoms. The normalized spacial score (nSPS) is 40.5. The highest BCUT2D eigenvalue weighted by atomic mass is 16.7. The number of amidine groups is 1. The molecule has 12 heteroatoms. The summed E-state index contributed by atoms with van der Waals surface area (Å²) in [5.74, 6) is -2.00. The van der Waals surface area contributed by atoms with Gasteiger partial charge in [0.05, 0.1) is 35.9 Å². The molecule has 0 saturated carbocycles. The van der Waals surface area contributed by atoms with E-state index in [1.54, 1.807) is 32.7 Å². The summed E-state index contributed by atoms with van der Waals surface area (Å²) in [5.41, 5.74) is 4.24. The van der Waals surface area contributed by atoms with Crippen molar-refractivity contribution in [2.75, 3.05) is 27.2 Å². The molecule has 3 saturated heterocycles. The Morgan fingerprint density at radius 2 is 1.86 bits per heavy atom. The fourth-order valence-corrected chi connectivity index (χ4v) is 7.01. The van der Waals surface area contributed by atoms with E-state index in [1.807, 2.05) is 39.6 Å². The number of nitrogens with one attached hydrogen (secondary N) is 1. The second kappa shape index (κ2) is 15.5. The molecule has 0 aromatic heterocycles. The molecule has 11 atom stereocenters. The lowest BCUT2D eigenvalue weighted by atomic mass is 9.77. The number of ether oxygens (including phenoxy) is 3. The average Bonchev–Trinajstić information content (AvgIpc) is 3.23. The van der Waals surface area contributed by atoms with Crippen LogP contribution in [0.1, 0.15) is 87.0 Å². The number of rotatable bonds is 7. The molecule has 3 fully saturated rings. The topological polar surface area (TPSA) is 159 Å². The van der Waals surface area contributed by atoms with Gasteiger partial charge >= 0.3 is 0 Å². The van der Waals surface area contributed by atoms with Crippen LogP contribution in [0.15, 0.2) is 4.99 Å². The fourth-order valence-electron chi connectivity index (χ4n) is 7.01. The van der Waals surface area contributed by atoms with Crippen molar-refractivity contribution in [2.24, 2.45) is 28.5 Å². The number of carbonyl (C=O) groups excluding carboxylic acids is 2. The molecule has 44 heavy (non-hydrogen) atoms. The Bertz CT molecular complexity index is 994. The molecule has 3 aliphatic rings. The van der Waals surface area contributed by atoms with Gasteiger partial charge in [-0.3, -0.25) is 9.59 Å². The molecule has 0 aromatic carbocycles. The van der Waals surface area contributed by atoms with Gasteiger partial charge in [0.1, 0.15) is 0 Å². The van der Waals surface area contributed by atoms with Crippen molar-refractivity contribution < 1.29 is 34.0 Å². The Kier molecular flexibility index (Phi) is 12.9. The molecule has 12 nitrogen and oxygen atoms in total. The zero-order valence-electron chi connectivity index (χ0n) is 28.4. The maximum Gasteiger partial charge on any atom is 0.288 e. The van der Waals surface area contributed by atoms with Crippen LogP contribution in [0.5, 0.6) is 0 Å². The van der Waals surface area contributed by atoms with Gasteiger partial charge in [-0.15, -0.1) is 0 Å². The first kappa shape index (κ1) is 36.5. The van der Waals surface area contributed by atoms with Crippen molar-refractivity contribution in [1.29, 1.82) is 0 Å². The first-order valence-electron chi connectivity index (χ1n) is 16.5. The highest BCUT2D eigenvalue weighted by molar-refractivity contribution is 5.81. The van der Waals surface area contributed by atoms with Crippen LogP contribution in [0.3, 0.4) is 0 Å². The first-order valence-corrected chi connectivity index (χ1v) is 16.5. The zero-order chi connectivity index (χ0) is 32.9. The quantitative estimate of drug-likeness (QED) is 0.310. The molecule has 0 unspecified atom stereocenters. The van der Waals surface area contributed by atoms with Gasteiger partial charge < -0.3 is 45.3 Å². The number of nitrogens with two attached hydrogens (primary N) is 1. The summed E-state index contributed by atoms with van der Waals surface area (Å²) in [6.45, 7) is 14.1. The molecule has 0 spiro atoms. The van der Waals surface area contributed by atoms with Gasteiger partial charge in [0.15, 0.2) is 12.4 Å². The van der Waals surface area contributed by atoms with E-state index in [-0.39, 0.29) is 48.4 Å². The number of unbranched alkanes of at least 4 members (excludes halogenated alkanes) is 1. The van der Waals surface area contributed by atoms with E-state index in [2.05, 4.69) is 10.3 Å². The van der Waals surface area contributed by atoms with Gasteiger partial charge in [0.2, 0.25) is 11.8 Å². The summed E-state index contributed by atoms with van der Waals surface area (Å²) in [5, 5.41) is 26.7. The minimum Gasteiger partial charge on any atom is -0.454 e. The number of amides is 2. The third-order valence-electron chi connectivity index (χ3n) is 9.38. The van der Waals surface area contributed by atoms with Crippen molar-refractivity contribution >= 4 is 17.8 Å². The smallest absolute Gasteiger partial charge is 0.288 e. The summed E-state index contributed by atoms with van der Waals surface area (Å²) in [6, 6.07) is 0.166. The molecule has 3 rings (SSSR count). The SMILES string of the molecule is CC(C)N=C1O[C@H]2[C@H](O[C@@H]3[C@@H](C)[C@H](O)[C@@H](C)C(=O)N[C@@H](CCCCN)CC(=O)N(C)C[C@H](C)C[C@@]3(C)O)O[C@H](C)C[C@@H]2N1C. The minimum atomic E-state index is -1.44. The van der Waals surface area contributed by atoms with Gasteiger partial charge in [0, 0.05) is 45.1 Å². The maximum absolute atomic E-state index is 13.4. The van der Waals surface area contributed by atoms with Crippen LogP contribution >= 0.6 is 0 Å². The van der Waals surface area contributed by atoms with Gasteiger partial charge in [0.25, 0.3) is 6.02 Å². The molecular formula is C32H59N5O7. The molecule has 2 amide bonds. The van der Waals surface area contributed by atoms with Crippen LogP contribution in [-0.4, -0.2) is 119 Å². The third-order valence-corrected chi connectivity index (χ3v) is 9.38. The van der Waals surface area contributed by atoms with Crippen molar-refractivity contribution in [3.63, 3.8) is 0 Å². The van der Waals surface area contributed by atoms with Crippen LogP contribution in [-0.2, 0) is 23.8 Å². The van der Waals surface area contributed by atoms with E-state index in [0.29, 0.717) is 32.0 Å². The number of likely N-dealkylation sites (N-methyl/N-ethyl adjacent to an activating group) is 1. The van der Waals surface area contributed by atoms with E-state index in [4.69, 9.17) is 19.9 Å². The van der Waals surface area contributed by atoms with Crippen LogP contribution in [0.2, 0.25) is 0 Å². The Morgan fingerprint density at radius 3 is 2.50 bits per heavy atom. The predicted molar refractivity (Wildman–Crippen MR) is 169 cm³/mol. The number of fused-ring (bicyclic) bond motifs is 1. The lowest BCUT2D eigenvalue weighted by Crippen LogP contribution is -2.58. The van der Waals surface area contributed by atoms with E-state index < -0.39 is 42.0 Å².